The minimum Gasteiger partial charge on any atom is -0.486 e. The third-order valence-electron chi connectivity index (χ3n) is 6.79. The second-order valence-electron chi connectivity index (χ2n) is 8.83. The van der Waals surface area contributed by atoms with Crippen LogP contribution < -0.4 is 14.2 Å². The van der Waals surface area contributed by atoms with Crippen molar-refractivity contribution in [3.05, 3.63) is 53.1 Å². The number of benzene rings is 2. The van der Waals surface area contributed by atoms with Crippen molar-refractivity contribution in [3.63, 3.8) is 0 Å². The number of carbonyl (C=O) groups excluding carboxylic acids is 1. The standard InChI is InChI=1S/C24H28N2O5S/c1-2-25-32(28,29)19-7-5-17(6-8-19)23(27)26-15-18-13-21-22(31-12-11-30-21)14-20(18)24(16-26)9-3-4-10-24/h5-8,13-14,25H,2-4,9-12,15-16H2,1H3. The molecule has 1 amide bonds. The Bertz CT molecular complexity index is 1140. The Hall–Kier alpha value is -2.58. The average molecular weight is 457 g/mol. The normalized spacial score (nSPS) is 19.1. The Labute approximate surface area is 188 Å². The van der Waals surface area contributed by atoms with Crippen molar-refractivity contribution >= 4 is 15.9 Å². The van der Waals surface area contributed by atoms with Gasteiger partial charge in [-0.15, -0.1) is 0 Å². The molecule has 0 aromatic heterocycles. The predicted molar refractivity (Wildman–Crippen MR) is 120 cm³/mol. The number of hydrogen-bond acceptors (Lipinski definition) is 5. The molecule has 170 valence electrons. The molecule has 1 spiro atoms. The summed E-state index contributed by atoms with van der Waals surface area (Å²) in [7, 11) is -3.55. The van der Waals surface area contributed by atoms with Crippen LogP contribution in [0.15, 0.2) is 41.3 Å². The van der Waals surface area contributed by atoms with E-state index in [0.29, 0.717) is 38.4 Å². The molecule has 0 bridgehead atoms. The molecule has 1 fully saturated rings. The van der Waals surface area contributed by atoms with Crippen molar-refractivity contribution in [2.75, 3.05) is 26.3 Å². The van der Waals surface area contributed by atoms with E-state index >= 15 is 0 Å². The van der Waals surface area contributed by atoms with Gasteiger partial charge < -0.3 is 14.4 Å². The summed E-state index contributed by atoms with van der Waals surface area (Å²) in [6, 6.07) is 10.4. The molecule has 32 heavy (non-hydrogen) atoms. The SMILES string of the molecule is CCNS(=O)(=O)c1ccc(C(=O)N2Cc3cc4c(cc3C3(CCCC3)C2)OCCO4)cc1. The van der Waals surface area contributed by atoms with Crippen LogP contribution in [-0.2, 0) is 22.0 Å². The summed E-state index contributed by atoms with van der Waals surface area (Å²) in [6.45, 7) is 4.30. The topological polar surface area (TPSA) is 84.9 Å². The lowest BCUT2D eigenvalue weighted by molar-refractivity contribution is 0.0669. The Morgan fingerprint density at radius 3 is 2.38 bits per heavy atom. The maximum Gasteiger partial charge on any atom is 0.254 e. The first-order chi connectivity index (χ1) is 15.4. The fraction of sp³-hybridized carbons (Fsp3) is 0.458. The highest BCUT2D eigenvalue weighted by Crippen LogP contribution is 2.49. The van der Waals surface area contributed by atoms with Gasteiger partial charge in [-0.05, 0) is 60.4 Å². The van der Waals surface area contributed by atoms with Crippen LogP contribution in [0.4, 0.5) is 0 Å². The second-order valence-corrected chi connectivity index (χ2v) is 10.6. The molecule has 7 nitrogen and oxygen atoms in total. The van der Waals surface area contributed by atoms with Crippen LogP contribution in [0.2, 0.25) is 0 Å². The number of nitrogens with one attached hydrogen (secondary N) is 1. The summed E-state index contributed by atoms with van der Waals surface area (Å²) < 4.78 is 38.5. The lowest BCUT2D eigenvalue weighted by atomic mass is 9.73. The predicted octanol–water partition coefficient (Wildman–Crippen LogP) is 3.22. The molecule has 0 unspecified atom stereocenters. The van der Waals surface area contributed by atoms with E-state index in [0.717, 1.165) is 42.7 Å². The number of hydrogen-bond donors (Lipinski definition) is 1. The molecule has 0 atom stereocenters. The number of rotatable bonds is 4. The molecule has 2 aliphatic heterocycles. The monoisotopic (exact) mass is 456 g/mol. The molecule has 2 heterocycles. The van der Waals surface area contributed by atoms with Crippen LogP contribution in [0.25, 0.3) is 0 Å². The first-order valence-electron chi connectivity index (χ1n) is 11.2. The maximum atomic E-state index is 13.4. The van der Waals surface area contributed by atoms with Gasteiger partial charge in [0, 0.05) is 30.6 Å². The zero-order chi connectivity index (χ0) is 22.3. The highest BCUT2D eigenvalue weighted by molar-refractivity contribution is 7.89. The summed E-state index contributed by atoms with van der Waals surface area (Å²) >= 11 is 0. The molecule has 3 aliphatic rings. The lowest BCUT2D eigenvalue weighted by Gasteiger charge is -2.43. The molecule has 1 N–H and O–H groups in total. The fourth-order valence-electron chi connectivity index (χ4n) is 5.32. The number of fused-ring (bicyclic) bond motifs is 3. The maximum absolute atomic E-state index is 13.4. The van der Waals surface area contributed by atoms with Crippen LogP contribution in [0.1, 0.15) is 54.1 Å². The number of sulfonamides is 1. The summed E-state index contributed by atoms with van der Waals surface area (Å²) in [5.41, 5.74) is 2.83. The number of nitrogens with zero attached hydrogens (tertiary/aromatic N) is 1. The first-order valence-corrected chi connectivity index (χ1v) is 12.7. The molecule has 0 saturated heterocycles. The molecule has 2 aromatic rings. The van der Waals surface area contributed by atoms with E-state index in [1.54, 1.807) is 19.1 Å². The molecule has 1 saturated carbocycles. The van der Waals surface area contributed by atoms with Gasteiger partial charge in [-0.1, -0.05) is 19.8 Å². The zero-order valence-electron chi connectivity index (χ0n) is 18.2. The van der Waals surface area contributed by atoms with Crippen molar-refractivity contribution in [1.82, 2.24) is 9.62 Å². The highest BCUT2D eigenvalue weighted by atomic mass is 32.2. The Morgan fingerprint density at radius 2 is 1.72 bits per heavy atom. The average Bonchev–Trinajstić information content (AvgIpc) is 3.26. The van der Waals surface area contributed by atoms with E-state index in [1.165, 1.54) is 17.7 Å². The third-order valence-corrected chi connectivity index (χ3v) is 8.35. The van der Waals surface area contributed by atoms with E-state index in [1.807, 2.05) is 11.0 Å². The van der Waals surface area contributed by atoms with Gasteiger partial charge in [0.05, 0.1) is 4.90 Å². The molecule has 1 aliphatic carbocycles. The van der Waals surface area contributed by atoms with Crippen LogP contribution >= 0.6 is 0 Å². The van der Waals surface area contributed by atoms with Crippen molar-refractivity contribution in [3.8, 4) is 11.5 Å². The van der Waals surface area contributed by atoms with Gasteiger partial charge in [0.2, 0.25) is 10.0 Å². The van der Waals surface area contributed by atoms with Crippen LogP contribution in [-0.4, -0.2) is 45.5 Å². The van der Waals surface area contributed by atoms with Crippen LogP contribution in [0.3, 0.4) is 0 Å². The molecule has 0 radical (unpaired) electrons. The van der Waals surface area contributed by atoms with Gasteiger partial charge in [0.15, 0.2) is 11.5 Å². The zero-order valence-corrected chi connectivity index (χ0v) is 19.0. The highest BCUT2D eigenvalue weighted by Gasteiger charge is 2.44. The molecule has 8 heteroatoms. The van der Waals surface area contributed by atoms with Crippen LogP contribution in [0, 0.1) is 0 Å². The smallest absolute Gasteiger partial charge is 0.254 e. The summed E-state index contributed by atoms with van der Waals surface area (Å²) in [6.07, 6.45) is 4.38. The number of amides is 1. The number of ether oxygens (including phenoxy) is 2. The van der Waals surface area contributed by atoms with Crippen molar-refractivity contribution in [2.24, 2.45) is 0 Å². The van der Waals surface area contributed by atoms with Crippen molar-refractivity contribution in [2.45, 2.75) is 49.5 Å². The van der Waals surface area contributed by atoms with E-state index in [4.69, 9.17) is 9.47 Å². The van der Waals surface area contributed by atoms with Gasteiger partial charge in [-0.3, -0.25) is 4.79 Å². The minimum atomic E-state index is -3.55. The Kier molecular flexibility index (Phi) is 5.37. The van der Waals surface area contributed by atoms with Crippen molar-refractivity contribution < 1.29 is 22.7 Å². The molecular weight excluding hydrogens is 428 g/mol. The van der Waals surface area contributed by atoms with Gasteiger partial charge >= 0.3 is 0 Å². The number of carbonyl (C=O) groups is 1. The second kappa shape index (κ2) is 8.08. The molecule has 5 rings (SSSR count). The summed E-state index contributed by atoms with van der Waals surface area (Å²) in [5.74, 6) is 1.47. The van der Waals surface area contributed by atoms with Gasteiger partial charge in [0.25, 0.3) is 5.91 Å². The van der Waals surface area contributed by atoms with Crippen LogP contribution in [0.5, 0.6) is 11.5 Å². The first kappa shape index (κ1) is 21.3. The largest absolute Gasteiger partial charge is 0.486 e. The third kappa shape index (κ3) is 3.65. The van der Waals surface area contributed by atoms with E-state index in [2.05, 4.69) is 10.8 Å². The van der Waals surface area contributed by atoms with E-state index < -0.39 is 10.0 Å². The Balaban J connectivity index is 1.46. The molecular formula is C24H28N2O5S. The van der Waals surface area contributed by atoms with Gasteiger partial charge in [-0.25, -0.2) is 13.1 Å². The van der Waals surface area contributed by atoms with Gasteiger partial charge in [-0.2, -0.15) is 0 Å². The lowest BCUT2D eigenvalue weighted by Crippen LogP contribution is -2.46. The molecule has 2 aromatic carbocycles. The minimum absolute atomic E-state index is 0.0621. The summed E-state index contributed by atoms with van der Waals surface area (Å²) in [5, 5.41) is 0. The van der Waals surface area contributed by atoms with E-state index in [-0.39, 0.29) is 16.2 Å². The van der Waals surface area contributed by atoms with Crippen molar-refractivity contribution in [1.29, 1.82) is 0 Å². The quantitative estimate of drug-likeness (QED) is 0.764. The Morgan fingerprint density at radius 1 is 1.06 bits per heavy atom. The summed E-state index contributed by atoms with van der Waals surface area (Å²) in [4.78, 5) is 15.5. The fourth-order valence-corrected chi connectivity index (χ4v) is 6.36. The van der Waals surface area contributed by atoms with Gasteiger partial charge in [0.1, 0.15) is 13.2 Å². The van der Waals surface area contributed by atoms with E-state index in [9.17, 15) is 13.2 Å².